The highest BCUT2D eigenvalue weighted by Crippen LogP contribution is 2.15. The fourth-order valence-corrected chi connectivity index (χ4v) is 2.95. The molecule has 1 amide bonds. The summed E-state index contributed by atoms with van der Waals surface area (Å²) in [4.78, 5) is 15.7. The van der Waals surface area contributed by atoms with Gasteiger partial charge in [-0.25, -0.2) is 14.1 Å². The third kappa shape index (κ3) is 3.69. The van der Waals surface area contributed by atoms with Crippen LogP contribution in [0.4, 0.5) is 4.39 Å². The zero-order valence-corrected chi connectivity index (χ0v) is 14.4. The fraction of sp³-hybridized carbons (Fsp3) is 0.158. The number of rotatable bonds is 6. The molecular weight excluding hydrogens is 347 g/mol. The molecule has 2 heterocycles. The number of aromatic nitrogens is 5. The Morgan fingerprint density at radius 2 is 1.81 bits per heavy atom. The summed E-state index contributed by atoms with van der Waals surface area (Å²) in [7, 11) is 0. The van der Waals surface area contributed by atoms with Crippen LogP contribution in [0.1, 0.15) is 17.2 Å². The molecule has 0 atom stereocenters. The molecular formula is C19H17FN6O. The monoisotopic (exact) mass is 364 g/mol. The molecule has 0 fully saturated rings. The first-order valence-electron chi connectivity index (χ1n) is 8.44. The van der Waals surface area contributed by atoms with Gasteiger partial charge in [0.15, 0.2) is 5.82 Å². The van der Waals surface area contributed by atoms with E-state index in [1.807, 2.05) is 28.9 Å². The molecule has 0 unspecified atom stereocenters. The molecule has 2 aromatic carbocycles. The zero-order chi connectivity index (χ0) is 18.8. The first-order valence-corrected chi connectivity index (χ1v) is 8.44. The average Bonchev–Trinajstić information content (AvgIpc) is 3.21. The molecule has 0 radical (unpaired) electrons. The van der Waals surface area contributed by atoms with Crippen molar-refractivity contribution >= 4 is 16.8 Å². The van der Waals surface area contributed by atoms with Gasteiger partial charge in [-0.2, -0.15) is 10.2 Å². The Hall–Kier alpha value is -3.55. The number of benzene rings is 2. The van der Waals surface area contributed by atoms with Gasteiger partial charge >= 0.3 is 0 Å². The van der Waals surface area contributed by atoms with Crippen molar-refractivity contribution in [2.75, 3.05) is 0 Å². The fourth-order valence-electron chi connectivity index (χ4n) is 2.95. The lowest BCUT2D eigenvalue weighted by atomic mass is 10.2. The molecule has 0 aliphatic carbocycles. The minimum Gasteiger partial charge on any atom is -0.369 e. The Labute approximate surface area is 154 Å². The molecule has 0 saturated heterocycles. The quantitative estimate of drug-likeness (QED) is 0.566. The normalized spacial score (nSPS) is 11.1. The van der Waals surface area contributed by atoms with Gasteiger partial charge in [-0.1, -0.05) is 30.3 Å². The zero-order valence-electron chi connectivity index (χ0n) is 14.4. The summed E-state index contributed by atoms with van der Waals surface area (Å²) < 4.78 is 16.7. The van der Waals surface area contributed by atoms with Crippen molar-refractivity contribution in [3.8, 4) is 0 Å². The van der Waals surface area contributed by atoms with Crippen molar-refractivity contribution in [2.24, 2.45) is 5.73 Å². The Morgan fingerprint density at radius 3 is 2.59 bits per heavy atom. The topological polar surface area (TPSA) is 91.6 Å². The Kier molecular flexibility index (Phi) is 4.37. The lowest BCUT2D eigenvalue weighted by Crippen LogP contribution is -2.15. The van der Waals surface area contributed by atoms with Crippen LogP contribution in [0.2, 0.25) is 0 Å². The van der Waals surface area contributed by atoms with Crippen LogP contribution in [0.15, 0.2) is 54.7 Å². The molecule has 4 rings (SSSR count). The summed E-state index contributed by atoms with van der Waals surface area (Å²) >= 11 is 0. The number of hydrogen-bond acceptors (Lipinski definition) is 4. The van der Waals surface area contributed by atoms with Crippen molar-refractivity contribution in [3.63, 3.8) is 0 Å². The molecule has 0 aliphatic rings. The smallest absolute Gasteiger partial charge is 0.225 e. The van der Waals surface area contributed by atoms with E-state index in [1.54, 1.807) is 23.0 Å². The van der Waals surface area contributed by atoms with Crippen LogP contribution in [0.5, 0.6) is 0 Å². The van der Waals surface area contributed by atoms with Crippen LogP contribution in [-0.4, -0.2) is 30.5 Å². The molecule has 136 valence electrons. The second-order valence-corrected chi connectivity index (χ2v) is 6.23. The van der Waals surface area contributed by atoms with Crippen molar-refractivity contribution in [3.05, 3.63) is 77.8 Å². The Balaban J connectivity index is 1.68. The number of hydrogen-bond donors (Lipinski definition) is 1. The number of halogens is 1. The number of fused-ring (bicyclic) bond motifs is 1. The van der Waals surface area contributed by atoms with Gasteiger partial charge in [-0.15, -0.1) is 0 Å². The number of nitrogens with zero attached hydrogens (tertiary/aromatic N) is 5. The predicted octanol–water partition coefficient (Wildman–Crippen LogP) is 1.89. The van der Waals surface area contributed by atoms with E-state index in [2.05, 4.69) is 15.2 Å². The molecule has 0 spiro atoms. The van der Waals surface area contributed by atoms with E-state index < -0.39 is 5.91 Å². The standard InChI is InChI=1S/C19H17FN6O/c20-15-7-5-13(6-8-15)11-26-19(23-18(24-26)9-17(21)27)12-25-16-4-2-1-3-14(16)10-22-25/h1-8,10H,9,11-12H2,(H2,21,27). The first-order chi connectivity index (χ1) is 13.1. The van der Waals surface area contributed by atoms with E-state index in [0.29, 0.717) is 24.7 Å². The van der Waals surface area contributed by atoms with E-state index in [0.717, 1.165) is 16.5 Å². The van der Waals surface area contributed by atoms with Crippen LogP contribution in [0, 0.1) is 5.82 Å². The van der Waals surface area contributed by atoms with Gasteiger partial charge in [0.25, 0.3) is 0 Å². The first kappa shape index (κ1) is 16.9. The molecule has 2 N–H and O–H groups in total. The van der Waals surface area contributed by atoms with Crippen molar-refractivity contribution in [1.82, 2.24) is 24.5 Å². The van der Waals surface area contributed by atoms with E-state index >= 15 is 0 Å². The van der Waals surface area contributed by atoms with E-state index in [4.69, 9.17) is 5.73 Å². The average molecular weight is 364 g/mol. The molecule has 0 saturated carbocycles. The van der Waals surface area contributed by atoms with E-state index in [1.165, 1.54) is 12.1 Å². The minimum absolute atomic E-state index is 0.0384. The number of nitrogens with two attached hydrogens (primary N) is 1. The summed E-state index contributed by atoms with van der Waals surface area (Å²) in [5, 5.41) is 9.84. The van der Waals surface area contributed by atoms with Gasteiger partial charge in [0.2, 0.25) is 5.91 Å². The molecule has 8 heteroatoms. The maximum atomic E-state index is 13.2. The number of carbonyl (C=O) groups excluding carboxylic acids is 1. The maximum absolute atomic E-state index is 13.2. The summed E-state index contributed by atoms with van der Waals surface area (Å²) in [5.41, 5.74) is 7.13. The third-order valence-corrected chi connectivity index (χ3v) is 4.21. The minimum atomic E-state index is -0.495. The van der Waals surface area contributed by atoms with Gasteiger partial charge in [0.1, 0.15) is 18.2 Å². The Bertz CT molecular complexity index is 1100. The number of para-hydroxylation sites is 1. The van der Waals surface area contributed by atoms with Gasteiger partial charge < -0.3 is 5.73 Å². The van der Waals surface area contributed by atoms with Gasteiger partial charge in [0.05, 0.1) is 24.7 Å². The highest BCUT2D eigenvalue weighted by atomic mass is 19.1. The number of primary amides is 1. The lowest BCUT2D eigenvalue weighted by Gasteiger charge is -2.07. The molecule has 4 aromatic rings. The van der Waals surface area contributed by atoms with E-state index in [-0.39, 0.29) is 12.2 Å². The largest absolute Gasteiger partial charge is 0.369 e. The van der Waals surface area contributed by atoms with Crippen molar-refractivity contribution < 1.29 is 9.18 Å². The molecule has 0 aliphatic heterocycles. The predicted molar refractivity (Wildman–Crippen MR) is 97.3 cm³/mol. The number of carbonyl (C=O) groups is 1. The highest BCUT2D eigenvalue weighted by molar-refractivity contribution is 5.78. The van der Waals surface area contributed by atoms with Crippen molar-refractivity contribution in [1.29, 1.82) is 0 Å². The maximum Gasteiger partial charge on any atom is 0.225 e. The summed E-state index contributed by atoms with van der Waals surface area (Å²) in [6, 6.07) is 14.1. The molecule has 2 aromatic heterocycles. The molecule has 0 bridgehead atoms. The van der Waals surface area contributed by atoms with Crippen molar-refractivity contribution in [2.45, 2.75) is 19.5 Å². The van der Waals surface area contributed by atoms with Crippen LogP contribution in [0.3, 0.4) is 0 Å². The highest BCUT2D eigenvalue weighted by Gasteiger charge is 2.14. The van der Waals surface area contributed by atoms with Crippen LogP contribution in [-0.2, 0) is 24.3 Å². The Morgan fingerprint density at radius 1 is 1.04 bits per heavy atom. The SMILES string of the molecule is NC(=O)Cc1nc(Cn2ncc3ccccc32)n(Cc2ccc(F)cc2)n1. The third-order valence-electron chi connectivity index (χ3n) is 4.21. The lowest BCUT2D eigenvalue weighted by molar-refractivity contribution is -0.117. The van der Waals surface area contributed by atoms with Crippen LogP contribution in [0.25, 0.3) is 10.9 Å². The molecule has 7 nitrogen and oxygen atoms in total. The van der Waals surface area contributed by atoms with Crippen LogP contribution < -0.4 is 5.73 Å². The van der Waals surface area contributed by atoms with Gasteiger partial charge in [-0.3, -0.25) is 9.48 Å². The number of amides is 1. The van der Waals surface area contributed by atoms with Gasteiger partial charge in [-0.05, 0) is 23.8 Å². The van der Waals surface area contributed by atoms with E-state index in [9.17, 15) is 9.18 Å². The summed E-state index contributed by atoms with van der Waals surface area (Å²) in [5.74, 6) is 0.209. The van der Waals surface area contributed by atoms with Gasteiger partial charge in [0, 0.05) is 5.39 Å². The summed E-state index contributed by atoms with van der Waals surface area (Å²) in [6.07, 6.45) is 1.75. The second-order valence-electron chi connectivity index (χ2n) is 6.23. The summed E-state index contributed by atoms with van der Waals surface area (Å²) in [6.45, 7) is 0.793. The molecule has 27 heavy (non-hydrogen) atoms. The second kappa shape index (κ2) is 6.99. The van der Waals surface area contributed by atoms with Crippen LogP contribution >= 0.6 is 0 Å².